The molecular formula is C29H34F6N2O7SSi. The topological polar surface area (TPSA) is 133 Å². The van der Waals surface area contributed by atoms with Crippen molar-refractivity contribution in [2.24, 2.45) is 0 Å². The molecule has 17 heteroatoms. The van der Waals surface area contributed by atoms with E-state index in [1.807, 2.05) is 33.9 Å². The SMILES string of the molecule is CC(C)(C)[Si](C)(C)OC1(CS(=O)(=O)c2ccc3c(c2)CN(C(=O)O)C3C(=O)Nc2ccc(C(O)(C(F)(F)F)C(F)(F)F)cc2)CC1. The minimum absolute atomic E-state index is 0.0832. The van der Waals surface area contributed by atoms with Crippen LogP contribution < -0.4 is 5.32 Å². The van der Waals surface area contributed by atoms with Crippen LogP contribution in [0.1, 0.15) is 56.3 Å². The summed E-state index contributed by atoms with van der Waals surface area (Å²) in [4.78, 5) is 25.9. The first-order valence-electron chi connectivity index (χ1n) is 14.1. The van der Waals surface area contributed by atoms with Crippen LogP contribution in [0.2, 0.25) is 18.1 Å². The van der Waals surface area contributed by atoms with E-state index in [1.165, 1.54) is 18.2 Å². The number of hydrogen-bond donors (Lipinski definition) is 3. The Morgan fingerprint density at radius 2 is 1.54 bits per heavy atom. The Labute approximate surface area is 262 Å². The van der Waals surface area contributed by atoms with Gasteiger partial charge in [0.2, 0.25) is 0 Å². The third-order valence-electron chi connectivity index (χ3n) is 8.84. The number of hydrogen-bond acceptors (Lipinski definition) is 6. The number of carboxylic acid groups (broad SMARTS) is 1. The number of anilines is 1. The fourth-order valence-corrected chi connectivity index (χ4v) is 8.69. The predicted octanol–water partition coefficient (Wildman–Crippen LogP) is 6.50. The van der Waals surface area contributed by atoms with Crippen LogP contribution in [-0.2, 0) is 31.2 Å². The van der Waals surface area contributed by atoms with Crippen LogP contribution >= 0.6 is 0 Å². The standard InChI is InChI=1S/C29H34F6N2O7SSi/c1-25(2,3)46(4,5)44-26(12-13-26)16-45(42,43)20-10-11-21-17(14-20)15-37(24(39)40)22(21)23(38)36-19-8-6-18(7-9-19)27(41,28(30,31)32)29(33,34)35/h6-11,14,22,41H,12-13,15-16H2,1-5H3,(H,36,38)(H,39,40). The number of rotatable bonds is 8. The van der Waals surface area contributed by atoms with E-state index < -0.39 is 65.3 Å². The van der Waals surface area contributed by atoms with E-state index in [0.717, 1.165) is 4.90 Å². The van der Waals surface area contributed by atoms with Crippen molar-refractivity contribution < 1.29 is 59.0 Å². The number of carbonyl (C=O) groups is 2. The van der Waals surface area contributed by atoms with Gasteiger partial charge < -0.3 is 20.0 Å². The number of carbonyl (C=O) groups excluding carboxylic acids is 1. The monoisotopic (exact) mass is 696 g/mol. The quantitative estimate of drug-likeness (QED) is 0.212. The Bertz CT molecular complexity index is 1620. The van der Waals surface area contributed by atoms with Crippen LogP contribution in [0.25, 0.3) is 0 Å². The van der Waals surface area contributed by atoms with Gasteiger partial charge in [-0.15, -0.1) is 0 Å². The lowest BCUT2D eigenvalue weighted by molar-refractivity contribution is -0.376. The summed E-state index contributed by atoms with van der Waals surface area (Å²) in [6.07, 6.45) is -12.6. The summed E-state index contributed by atoms with van der Waals surface area (Å²) in [5, 5.41) is 21.5. The number of nitrogens with one attached hydrogen (secondary N) is 1. The van der Waals surface area contributed by atoms with Crippen LogP contribution in [0.5, 0.6) is 0 Å². The smallest absolute Gasteiger partial charge is 0.430 e. The van der Waals surface area contributed by atoms with Gasteiger partial charge in [-0.05, 0) is 66.4 Å². The molecule has 9 nitrogen and oxygen atoms in total. The number of amides is 2. The number of nitrogens with zero attached hydrogens (tertiary/aromatic N) is 1. The first kappa shape index (κ1) is 35.7. The Balaban J connectivity index is 1.57. The highest BCUT2D eigenvalue weighted by Crippen LogP contribution is 2.51. The number of halogens is 6. The van der Waals surface area contributed by atoms with Gasteiger partial charge >= 0.3 is 18.4 Å². The van der Waals surface area contributed by atoms with Crippen LogP contribution in [0.15, 0.2) is 47.4 Å². The number of alkyl halides is 6. The molecule has 46 heavy (non-hydrogen) atoms. The molecule has 2 aromatic rings. The average molecular weight is 697 g/mol. The molecule has 0 bridgehead atoms. The van der Waals surface area contributed by atoms with Crippen LogP contribution in [0.4, 0.5) is 36.8 Å². The first-order chi connectivity index (χ1) is 20.7. The zero-order chi connectivity index (χ0) is 34.9. The molecule has 1 atom stereocenters. The van der Waals surface area contributed by atoms with Crippen LogP contribution in [0, 0.1) is 0 Å². The van der Waals surface area contributed by atoms with Gasteiger partial charge in [0.15, 0.2) is 18.2 Å². The minimum Gasteiger partial charge on any atom is -0.465 e. The highest BCUT2D eigenvalue weighted by Gasteiger charge is 2.71. The van der Waals surface area contributed by atoms with E-state index in [1.54, 1.807) is 0 Å². The van der Waals surface area contributed by atoms with Crippen molar-refractivity contribution in [2.45, 2.75) is 92.8 Å². The largest absolute Gasteiger partial charge is 0.465 e. The van der Waals surface area contributed by atoms with Crippen LogP contribution in [0.3, 0.4) is 0 Å². The molecule has 1 aliphatic carbocycles. The minimum atomic E-state index is -6.10. The van der Waals surface area contributed by atoms with Gasteiger partial charge in [-0.25, -0.2) is 13.2 Å². The number of sulfone groups is 1. The average Bonchev–Trinajstić information content (AvgIpc) is 3.50. The summed E-state index contributed by atoms with van der Waals surface area (Å²) in [6.45, 7) is 9.82. The fourth-order valence-electron chi connectivity index (χ4n) is 5.12. The number of benzene rings is 2. The molecule has 1 fully saturated rings. The molecule has 4 rings (SSSR count). The van der Waals surface area contributed by atoms with E-state index in [2.05, 4.69) is 5.32 Å². The van der Waals surface area contributed by atoms with Gasteiger partial charge in [0.05, 0.1) is 22.8 Å². The molecule has 2 aliphatic rings. The molecule has 0 radical (unpaired) electrons. The summed E-state index contributed by atoms with van der Waals surface area (Å²) in [5.41, 5.74) is -7.43. The van der Waals surface area contributed by atoms with Crippen molar-refractivity contribution in [3.63, 3.8) is 0 Å². The first-order valence-corrected chi connectivity index (χ1v) is 18.6. The van der Waals surface area contributed by atoms with Crippen molar-refractivity contribution in [3.05, 3.63) is 59.2 Å². The van der Waals surface area contributed by atoms with Gasteiger partial charge in [-0.3, -0.25) is 9.69 Å². The molecule has 1 aliphatic heterocycles. The van der Waals surface area contributed by atoms with E-state index in [4.69, 9.17) is 4.43 Å². The molecular weight excluding hydrogens is 662 g/mol. The van der Waals surface area contributed by atoms with Gasteiger partial charge in [0, 0.05) is 11.3 Å². The lowest BCUT2D eigenvalue weighted by atomic mass is 9.92. The molecule has 1 saturated carbocycles. The Morgan fingerprint density at radius 3 is 2.00 bits per heavy atom. The number of fused-ring (bicyclic) bond motifs is 1. The molecule has 2 aromatic carbocycles. The summed E-state index contributed by atoms with van der Waals surface area (Å²) in [5.74, 6) is -1.27. The van der Waals surface area contributed by atoms with Crippen molar-refractivity contribution >= 4 is 35.8 Å². The zero-order valence-electron chi connectivity index (χ0n) is 25.5. The van der Waals surface area contributed by atoms with E-state index in [0.29, 0.717) is 37.1 Å². The highest BCUT2D eigenvalue weighted by atomic mass is 32.2. The highest BCUT2D eigenvalue weighted by molar-refractivity contribution is 7.91. The molecule has 0 saturated heterocycles. The van der Waals surface area contributed by atoms with Crippen LogP contribution in [-0.4, -0.2) is 67.6 Å². The molecule has 0 spiro atoms. The Kier molecular flexibility index (Phi) is 8.72. The van der Waals surface area contributed by atoms with Gasteiger partial charge in [-0.1, -0.05) is 39.0 Å². The third kappa shape index (κ3) is 6.51. The van der Waals surface area contributed by atoms with E-state index in [-0.39, 0.29) is 39.0 Å². The maximum absolute atomic E-state index is 13.5. The maximum Gasteiger partial charge on any atom is 0.430 e. The normalized spacial score (nSPS) is 18.7. The molecule has 1 unspecified atom stereocenters. The molecule has 2 amide bonds. The molecule has 0 aromatic heterocycles. The van der Waals surface area contributed by atoms with Gasteiger partial charge in [-0.2, -0.15) is 26.3 Å². The predicted molar refractivity (Wildman–Crippen MR) is 156 cm³/mol. The summed E-state index contributed by atoms with van der Waals surface area (Å²) < 4.78 is 113. The second-order valence-electron chi connectivity index (χ2n) is 13.3. The van der Waals surface area contributed by atoms with Crippen molar-refractivity contribution in [1.29, 1.82) is 0 Å². The second-order valence-corrected chi connectivity index (χ2v) is 20.0. The van der Waals surface area contributed by atoms with Crippen molar-refractivity contribution in [3.8, 4) is 0 Å². The summed E-state index contributed by atoms with van der Waals surface area (Å²) >= 11 is 0. The van der Waals surface area contributed by atoms with Crippen molar-refractivity contribution in [1.82, 2.24) is 4.90 Å². The summed E-state index contributed by atoms with van der Waals surface area (Å²) in [7, 11) is -6.20. The lowest BCUT2D eigenvalue weighted by Gasteiger charge is -2.39. The molecule has 3 N–H and O–H groups in total. The lowest BCUT2D eigenvalue weighted by Crippen LogP contribution is -2.53. The van der Waals surface area contributed by atoms with Gasteiger partial charge in [0.25, 0.3) is 11.5 Å². The summed E-state index contributed by atoms with van der Waals surface area (Å²) in [6, 6.07) is 4.42. The van der Waals surface area contributed by atoms with E-state index in [9.17, 15) is 54.6 Å². The second kappa shape index (κ2) is 11.2. The fraction of sp³-hybridized carbons (Fsp3) is 0.517. The van der Waals surface area contributed by atoms with Crippen molar-refractivity contribution in [2.75, 3.05) is 11.1 Å². The maximum atomic E-state index is 13.5. The van der Waals surface area contributed by atoms with E-state index >= 15 is 0 Å². The number of aliphatic hydroxyl groups is 1. The third-order valence-corrected chi connectivity index (χ3v) is 15.3. The molecule has 1 heterocycles. The Morgan fingerprint density at radius 1 is 1.00 bits per heavy atom. The molecule has 254 valence electrons. The zero-order valence-corrected chi connectivity index (χ0v) is 27.3. The Hall–Kier alpha value is -3.15. The van der Waals surface area contributed by atoms with Gasteiger partial charge in [0.1, 0.15) is 6.04 Å².